The molecule has 0 radical (unpaired) electrons. The summed E-state index contributed by atoms with van der Waals surface area (Å²) < 4.78 is 75.1. The van der Waals surface area contributed by atoms with Crippen LogP contribution in [0.5, 0.6) is 5.88 Å². The van der Waals surface area contributed by atoms with Crippen LogP contribution in [0.15, 0.2) is 27.6 Å². The van der Waals surface area contributed by atoms with E-state index in [1.54, 1.807) is 6.07 Å². The molecule has 2 aromatic rings. The molecule has 0 saturated carbocycles. The first-order valence-corrected chi connectivity index (χ1v) is 15.3. The second-order valence-corrected chi connectivity index (χ2v) is 13.2. The zero-order valence-electron chi connectivity index (χ0n) is 21.6. The molecule has 14 heteroatoms. The maximum absolute atomic E-state index is 14.9. The van der Waals surface area contributed by atoms with E-state index in [4.69, 9.17) is 35.3 Å². The first-order chi connectivity index (χ1) is 19.2. The number of hydrogen-bond acceptors (Lipinski definition) is 10. The molecule has 216 valence electrons. The van der Waals surface area contributed by atoms with Gasteiger partial charge in [-0.1, -0.05) is 11.6 Å². The number of rotatable bonds is 6. The maximum atomic E-state index is 14.9. The number of fused-ring (bicyclic) bond motifs is 2. The number of aromatic nitrogens is 1. The average molecular weight is 600 g/mol. The van der Waals surface area contributed by atoms with Crippen LogP contribution in [-0.2, 0) is 41.7 Å². The van der Waals surface area contributed by atoms with E-state index in [-0.39, 0.29) is 53.1 Å². The molecule has 0 amide bonds. The van der Waals surface area contributed by atoms with Gasteiger partial charge in [-0.15, -0.1) is 0 Å². The highest BCUT2D eigenvalue weighted by molar-refractivity contribution is 7.93. The molecule has 40 heavy (non-hydrogen) atoms. The van der Waals surface area contributed by atoms with Gasteiger partial charge in [-0.05, 0) is 18.9 Å². The first kappa shape index (κ1) is 27.7. The van der Waals surface area contributed by atoms with Crippen LogP contribution in [0.4, 0.5) is 20.2 Å². The van der Waals surface area contributed by atoms with Crippen LogP contribution in [0.2, 0.25) is 5.02 Å². The highest BCUT2D eigenvalue weighted by atomic mass is 35.5. The van der Waals surface area contributed by atoms with E-state index in [0.717, 1.165) is 12.1 Å². The summed E-state index contributed by atoms with van der Waals surface area (Å²) in [4.78, 5) is 8.81. The number of nitrogens with zero attached hydrogens (tertiary/aromatic N) is 3. The smallest absolute Gasteiger partial charge is 0.233 e. The van der Waals surface area contributed by atoms with Crippen LogP contribution in [-0.4, -0.2) is 82.5 Å². The minimum Gasteiger partial charge on any atom is -0.472 e. The lowest BCUT2D eigenvalue weighted by atomic mass is 10.1. The van der Waals surface area contributed by atoms with E-state index in [9.17, 15) is 18.1 Å². The molecule has 10 nitrogen and oxygen atoms in total. The minimum absolute atomic E-state index is 0.00737. The fraction of sp³-hybridized carbons (Fsp3) is 0.538. The zero-order chi connectivity index (χ0) is 28.0. The summed E-state index contributed by atoms with van der Waals surface area (Å²) in [7, 11) is -2.71. The second-order valence-electron chi connectivity index (χ2n) is 10.2. The summed E-state index contributed by atoms with van der Waals surface area (Å²) in [5.74, 6) is -1.38. The number of benzene rings is 1. The van der Waals surface area contributed by atoms with Crippen molar-refractivity contribution < 1.29 is 41.8 Å². The molecule has 3 fully saturated rings. The molecular formula is C26H28ClF2N3O7S. The van der Waals surface area contributed by atoms with E-state index < -0.39 is 46.3 Å². The Morgan fingerprint density at radius 2 is 1.88 bits per heavy atom. The van der Waals surface area contributed by atoms with Gasteiger partial charge in [0, 0.05) is 36.9 Å². The number of halogens is 3. The van der Waals surface area contributed by atoms with E-state index in [1.807, 2.05) is 0 Å². The fourth-order valence-electron chi connectivity index (χ4n) is 5.25. The Morgan fingerprint density at radius 3 is 2.62 bits per heavy atom. The normalized spacial score (nSPS) is 27.6. The minimum atomic E-state index is -2.71. The van der Waals surface area contributed by atoms with Crippen molar-refractivity contribution in [2.24, 2.45) is 9.36 Å². The van der Waals surface area contributed by atoms with Gasteiger partial charge in [0.1, 0.15) is 41.6 Å². The van der Waals surface area contributed by atoms with Gasteiger partial charge in [0.15, 0.2) is 12.0 Å². The summed E-state index contributed by atoms with van der Waals surface area (Å²) in [5.41, 5.74) is 0.651. The summed E-state index contributed by atoms with van der Waals surface area (Å²) in [6, 6.07) is 3.63. The van der Waals surface area contributed by atoms with Gasteiger partial charge in [0.2, 0.25) is 5.88 Å². The number of aliphatic hydroxyl groups is 1. The number of aliphatic hydroxyl groups excluding tert-OH is 1. The molecule has 0 aliphatic carbocycles. The lowest BCUT2D eigenvalue weighted by molar-refractivity contribution is 0.00558. The van der Waals surface area contributed by atoms with Gasteiger partial charge in [0.05, 0.1) is 52.0 Å². The molecule has 0 bridgehead atoms. The lowest BCUT2D eigenvalue weighted by Crippen LogP contribution is -2.34. The Kier molecular flexibility index (Phi) is 7.70. The van der Waals surface area contributed by atoms with Crippen LogP contribution >= 0.6 is 11.6 Å². The standard InChI is InChI=1S/C26H28ClF2N3O7S/c1-40(34,14-2-4-35-5-3-14)32-13-6-17(28)15(18(29)7-13)10-38-26-16(27)8-19-20(31-26)9-23(30-19)39-22-12-37-24-21(33)11-36-25(22)24/h6-8,14,21-22,24-25,33H,2-5,9-12H2,1H3/t21-,22-,24-,25-,40?/m1/s1. The highest BCUT2D eigenvalue weighted by Gasteiger charge is 2.49. The van der Waals surface area contributed by atoms with Crippen molar-refractivity contribution in [3.63, 3.8) is 0 Å². The molecule has 5 heterocycles. The summed E-state index contributed by atoms with van der Waals surface area (Å²) in [6.45, 7) is 0.948. The topological polar surface area (TPSA) is 121 Å². The molecule has 5 atom stereocenters. The van der Waals surface area contributed by atoms with Gasteiger partial charge in [-0.25, -0.2) is 23.0 Å². The Balaban J connectivity index is 1.11. The van der Waals surface area contributed by atoms with Gasteiger partial charge in [-0.3, -0.25) is 0 Å². The molecule has 1 aromatic heterocycles. The predicted octanol–water partition coefficient (Wildman–Crippen LogP) is 3.63. The SMILES string of the molecule is CS(=O)(=Nc1cc(F)c(COc2nc3c(cc2Cl)N=C(O[C@@H]2CO[C@H]4[C@@H]2OC[C@H]4O)C3)c(F)c1)C1CCOCC1. The monoisotopic (exact) mass is 599 g/mol. The van der Waals surface area contributed by atoms with E-state index >= 15 is 0 Å². The Labute approximate surface area is 234 Å². The number of aliphatic imine (C=N–C) groups is 1. The van der Waals surface area contributed by atoms with Crippen molar-refractivity contribution in [3.05, 3.63) is 46.1 Å². The largest absolute Gasteiger partial charge is 0.472 e. The number of hydrogen-bond donors (Lipinski definition) is 1. The third-order valence-corrected chi connectivity index (χ3v) is 9.94. The van der Waals surface area contributed by atoms with Crippen molar-refractivity contribution in [2.75, 3.05) is 32.7 Å². The molecule has 1 N–H and O–H groups in total. The van der Waals surface area contributed by atoms with E-state index in [2.05, 4.69) is 14.3 Å². The Hall–Kier alpha value is -2.42. The lowest BCUT2D eigenvalue weighted by Gasteiger charge is -2.23. The molecule has 1 unspecified atom stereocenters. The highest BCUT2D eigenvalue weighted by Crippen LogP contribution is 2.36. The second kappa shape index (κ2) is 11.1. The van der Waals surface area contributed by atoms with Crippen molar-refractivity contribution in [2.45, 2.75) is 55.5 Å². The summed E-state index contributed by atoms with van der Waals surface area (Å²) >= 11 is 6.32. The van der Waals surface area contributed by atoms with Crippen molar-refractivity contribution in [1.82, 2.24) is 4.98 Å². The summed E-state index contributed by atoms with van der Waals surface area (Å²) in [6.07, 6.45) is 1.00. The van der Waals surface area contributed by atoms with Crippen molar-refractivity contribution in [3.8, 4) is 5.88 Å². The van der Waals surface area contributed by atoms with Gasteiger partial charge in [0.25, 0.3) is 0 Å². The van der Waals surface area contributed by atoms with Crippen LogP contribution in [0.25, 0.3) is 0 Å². The predicted molar refractivity (Wildman–Crippen MR) is 141 cm³/mol. The molecule has 4 aliphatic heterocycles. The van der Waals surface area contributed by atoms with E-state index in [0.29, 0.717) is 43.3 Å². The molecule has 1 aromatic carbocycles. The number of pyridine rings is 1. The quantitative estimate of drug-likeness (QED) is 0.534. The first-order valence-electron chi connectivity index (χ1n) is 12.9. The third kappa shape index (κ3) is 5.55. The zero-order valence-corrected chi connectivity index (χ0v) is 23.1. The molecule has 4 aliphatic rings. The van der Waals surface area contributed by atoms with Crippen LogP contribution in [0.1, 0.15) is 24.1 Å². The Morgan fingerprint density at radius 1 is 1.15 bits per heavy atom. The number of ether oxygens (including phenoxy) is 5. The van der Waals surface area contributed by atoms with Crippen LogP contribution in [0, 0.1) is 11.6 Å². The van der Waals surface area contributed by atoms with E-state index in [1.165, 1.54) is 6.26 Å². The molecule has 0 spiro atoms. The van der Waals surface area contributed by atoms with Crippen molar-refractivity contribution >= 4 is 38.6 Å². The van der Waals surface area contributed by atoms with Gasteiger partial charge in [-0.2, -0.15) is 4.36 Å². The van der Waals surface area contributed by atoms with Crippen LogP contribution in [0.3, 0.4) is 0 Å². The summed E-state index contributed by atoms with van der Waals surface area (Å²) in [5, 5.41) is 9.83. The average Bonchev–Trinajstić information content (AvgIpc) is 3.60. The van der Waals surface area contributed by atoms with Gasteiger partial charge < -0.3 is 28.8 Å². The maximum Gasteiger partial charge on any atom is 0.233 e. The van der Waals surface area contributed by atoms with Gasteiger partial charge >= 0.3 is 0 Å². The third-order valence-electron chi connectivity index (χ3n) is 7.39. The van der Waals surface area contributed by atoms with Crippen molar-refractivity contribution in [1.29, 1.82) is 0 Å². The fourth-order valence-corrected chi connectivity index (χ4v) is 7.19. The molecule has 6 rings (SSSR count). The Bertz CT molecular complexity index is 1440. The molecular weight excluding hydrogens is 572 g/mol. The molecule has 3 saturated heterocycles. The van der Waals surface area contributed by atoms with Crippen LogP contribution < -0.4 is 4.74 Å².